The highest BCUT2D eigenvalue weighted by Gasteiger charge is 2.40. The van der Waals surface area contributed by atoms with Gasteiger partial charge in [0.2, 0.25) is 5.91 Å². The van der Waals surface area contributed by atoms with Crippen molar-refractivity contribution >= 4 is 17.5 Å². The van der Waals surface area contributed by atoms with E-state index < -0.39 is 0 Å². The van der Waals surface area contributed by atoms with Gasteiger partial charge in [-0.2, -0.15) is 0 Å². The van der Waals surface area contributed by atoms with Crippen LogP contribution in [0.3, 0.4) is 0 Å². The zero-order valence-corrected chi connectivity index (χ0v) is 18.6. The molecule has 2 aliphatic heterocycles. The lowest BCUT2D eigenvalue weighted by Gasteiger charge is -2.36. The van der Waals surface area contributed by atoms with Crippen molar-refractivity contribution < 1.29 is 9.59 Å². The molecule has 2 aromatic carbocycles. The van der Waals surface area contributed by atoms with Crippen molar-refractivity contribution in [3.63, 3.8) is 0 Å². The Bertz CT molecular complexity index is 1040. The molecule has 32 heavy (non-hydrogen) atoms. The lowest BCUT2D eigenvalue weighted by atomic mass is 9.96. The van der Waals surface area contributed by atoms with Gasteiger partial charge >= 0.3 is 0 Å². The molecule has 6 rings (SSSR count). The van der Waals surface area contributed by atoms with E-state index in [0.29, 0.717) is 6.42 Å². The first-order chi connectivity index (χ1) is 15.7. The quantitative estimate of drug-likeness (QED) is 0.726. The molecule has 1 unspecified atom stereocenters. The molecule has 4 aliphatic rings. The Morgan fingerprint density at radius 2 is 1.66 bits per heavy atom. The molecule has 0 aromatic heterocycles. The molecule has 1 saturated carbocycles. The molecule has 1 saturated heterocycles. The van der Waals surface area contributed by atoms with Gasteiger partial charge < -0.3 is 9.80 Å². The number of fused-ring (bicyclic) bond motifs is 2. The van der Waals surface area contributed by atoms with Crippen molar-refractivity contribution in [3.8, 4) is 0 Å². The highest BCUT2D eigenvalue weighted by molar-refractivity contribution is 6.11. The SMILES string of the molecule is O=C(CC1c2cc3c(cc2C(=O)N1c1ccccc1)CCC3)N1CCN(CC2CC2)CC1. The number of hydrogen-bond acceptors (Lipinski definition) is 3. The molecule has 0 bridgehead atoms. The van der Waals surface area contributed by atoms with E-state index in [9.17, 15) is 9.59 Å². The van der Waals surface area contributed by atoms with Gasteiger partial charge in [0.1, 0.15) is 0 Å². The summed E-state index contributed by atoms with van der Waals surface area (Å²) in [4.78, 5) is 33.3. The molecule has 2 heterocycles. The molecule has 0 spiro atoms. The normalized spacial score (nSPS) is 22.9. The number of rotatable bonds is 5. The van der Waals surface area contributed by atoms with Crippen molar-refractivity contribution in [2.24, 2.45) is 5.92 Å². The van der Waals surface area contributed by atoms with Crippen molar-refractivity contribution in [1.29, 1.82) is 0 Å². The summed E-state index contributed by atoms with van der Waals surface area (Å²) in [5.74, 6) is 1.09. The third-order valence-electron chi connectivity index (χ3n) is 7.72. The summed E-state index contributed by atoms with van der Waals surface area (Å²) in [6.07, 6.45) is 6.38. The number of benzene rings is 2. The van der Waals surface area contributed by atoms with Crippen LogP contribution in [-0.4, -0.2) is 54.3 Å². The van der Waals surface area contributed by atoms with E-state index in [1.807, 2.05) is 40.1 Å². The summed E-state index contributed by atoms with van der Waals surface area (Å²) in [6, 6.07) is 14.0. The molecule has 166 valence electrons. The highest BCUT2D eigenvalue weighted by Crippen LogP contribution is 2.42. The van der Waals surface area contributed by atoms with Crippen LogP contribution in [0.1, 0.15) is 58.8 Å². The van der Waals surface area contributed by atoms with E-state index in [2.05, 4.69) is 17.0 Å². The molecule has 2 fully saturated rings. The van der Waals surface area contributed by atoms with E-state index in [1.54, 1.807) is 0 Å². The van der Waals surface area contributed by atoms with Crippen molar-refractivity contribution in [1.82, 2.24) is 9.80 Å². The summed E-state index contributed by atoms with van der Waals surface area (Å²) < 4.78 is 0. The molecule has 2 aliphatic carbocycles. The van der Waals surface area contributed by atoms with E-state index in [-0.39, 0.29) is 17.9 Å². The number of nitrogens with zero attached hydrogens (tertiary/aromatic N) is 3. The number of para-hydroxylation sites is 1. The lowest BCUT2D eigenvalue weighted by molar-refractivity contribution is -0.133. The third kappa shape index (κ3) is 3.62. The Labute approximate surface area is 190 Å². The Morgan fingerprint density at radius 3 is 2.38 bits per heavy atom. The second kappa shape index (κ2) is 8.04. The zero-order valence-electron chi connectivity index (χ0n) is 18.6. The number of aryl methyl sites for hydroxylation is 2. The first-order valence-electron chi connectivity index (χ1n) is 12.2. The minimum atomic E-state index is -0.220. The lowest BCUT2D eigenvalue weighted by Crippen LogP contribution is -2.49. The van der Waals surface area contributed by atoms with E-state index in [4.69, 9.17) is 0 Å². The van der Waals surface area contributed by atoms with Crippen LogP contribution in [0.25, 0.3) is 0 Å². The molecular formula is C27H31N3O2. The topological polar surface area (TPSA) is 43.9 Å². The molecule has 0 radical (unpaired) electrons. The summed E-state index contributed by atoms with van der Waals surface area (Å²) in [5, 5.41) is 0. The van der Waals surface area contributed by atoms with Gasteiger partial charge in [-0.15, -0.1) is 0 Å². The van der Waals surface area contributed by atoms with Crippen molar-refractivity contribution in [3.05, 3.63) is 64.7 Å². The van der Waals surface area contributed by atoms with Crippen LogP contribution in [0.5, 0.6) is 0 Å². The second-order valence-corrected chi connectivity index (χ2v) is 9.92. The minimum absolute atomic E-state index is 0.0351. The number of piperazine rings is 1. The maximum absolute atomic E-state index is 13.5. The van der Waals surface area contributed by atoms with Gasteiger partial charge in [0, 0.05) is 44.0 Å². The van der Waals surface area contributed by atoms with Gasteiger partial charge in [0.25, 0.3) is 5.91 Å². The van der Waals surface area contributed by atoms with Gasteiger partial charge in [0.15, 0.2) is 0 Å². The maximum atomic E-state index is 13.5. The van der Waals surface area contributed by atoms with E-state index in [1.165, 1.54) is 30.5 Å². The monoisotopic (exact) mass is 429 g/mol. The van der Waals surface area contributed by atoms with E-state index in [0.717, 1.165) is 68.2 Å². The number of hydrogen-bond donors (Lipinski definition) is 0. The molecule has 0 N–H and O–H groups in total. The molecule has 1 atom stereocenters. The Kier molecular flexibility index (Phi) is 5.02. The fourth-order valence-electron chi connectivity index (χ4n) is 5.74. The van der Waals surface area contributed by atoms with Gasteiger partial charge in [-0.3, -0.25) is 14.5 Å². The van der Waals surface area contributed by atoms with Gasteiger partial charge in [-0.1, -0.05) is 24.3 Å². The summed E-state index contributed by atoms with van der Waals surface area (Å²) >= 11 is 0. The molecule has 5 nitrogen and oxygen atoms in total. The van der Waals surface area contributed by atoms with E-state index >= 15 is 0 Å². The minimum Gasteiger partial charge on any atom is -0.340 e. The largest absolute Gasteiger partial charge is 0.340 e. The summed E-state index contributed by atoms with van der Waals surface area (Å²) in [5.41, 5.74) is 5.38. The fourth-order valence-corrected chi connectivity index (χ4v) is 5.74. The molecule has 2 aromatic rings. The molecular weight excluding hydrogens is 398 g/mol. The highest BCUT2D eigenvalue weighted by atomic mass is 16.2. The molecule has 2 amide bonds. The van der Waals surface area contributed by atoms with Gasteiger partial charge in [-0.25, -0.2) is 0 Å². The number of carbonyl (C=O) groups excluding carboxylic acids is 2. The Hall–Kier alpha value is -2.66. The first kappa shape index (κ1) is 20.0. The Balaban J connectivity index is 1.25. The number of carbonyl (C=O) groups is 2. The average Bonchev–Trinajstić information content (AvgIpc) is 3.44. The zero-order chi connectivity index (χ0) is 21.7. The predicted octanol–water partition coefficient (Wildman–Crippen LogP) is 3.82. The Morgan fingerprint density at radius 1 is 0.938 bits per heavy atom. The van der Waals surface area contributed by atoms with Gasteiger partial charge in [0.05, 0.1) is 12.5 Å². The second-order valence-electron chi connectivity index (χ2n) is 9.92. The predicted molar refractivity (Wildman–Crippen MR) is 125 cm³/mol. The summed E-state index contributed by atoms with van der Waals surface area (Å²) in [6.45, 7) is 4.74. The maximum Gasteiger partial charge on any atom is 0.259 e. The van der Waals surface area contributed by atoms with Crippen LogP contribution in [0.4, 0.5) is 5.69 Å². The first-order valence-corrected chi connectivity index (χ1v) is 12.2. The van der Waals surface area contributed by atoms with Crippen LogP contribution >= 0.6 is 0 Å². The third-order valence-corrected chi connectivity index (χ3v) is 7.72. The van der Waals surface area contributed by atoms with Crippen LogP contribution in [0.15, 0.2) is 42.5 Å². The smallest absolute Gasteiger partial charge is 0.259 e. The number of anilines is 1. The number of amides is 2. The average molecular weight is 430 g/mol. The molecule has 5 heteroatoms. The summed E-state index contributed by atoms with van der Waals surface area (Å²) in [7, 11) is 0. The van der Waals surface area contributed by atoms with Crippen LogP contribution in [0, 0.1) is 5.92 Å². The van der Waals surface area contributed by atoms with Crippen molar-refractivity contribution in [2.45, 2.75) is 44.6 Å². The van der Waals surface area contributed by atoms with Gasteiger partial charge in [-0.05, 0) is 72.9 Å². The van der Waals surface area contributed by atoms with Crippen LogP contribution in [0.2, 0.25) is 0 Å². The van der Waals surface area contributed by atoms with Crippen molar-refractivity contribution in [2.75, 3.05) is 37.6 Å². The van der Waals surface area contributed by atoms with Crippen LogP contribution in [-0.2, 0) is 17.6 Å². The fraction of sp³-hybridized carbons (Fsp3) is 0.481. The standard InChI is InChI=1S/C27H31N3O2/c31-26(29-13-11-28(12-14-29)18-19-9-10-19)17-25-23-15-20-5-4-6-21(20)16-24(23)27(32)30(25)22-7-2-1-3-8-22/h1-3,7-8,15-16,19,25H,4-6,9-14,17-18H2. The van der Waals surface area contributed by atoms with Crippen LogP contribution < -0.4 is 4.90 Å².